The summed E-state index contributed by atoms with van der Waals surface area (Å²) < 4.78 is 26.8. The van der Waals surface area contributed by atoms with Crippen LogP contribution in [0.25, 0.3) is 10.9 Å². The van der Waals surface area contributed by atoms with Crippen LogP contribution in [0.3, 0.4) is 0 Å². The number of aromatic nitrogens is 1. The Hall–Kier alpha value is -3.56. The molecule has 1 fully saturated rings. The third-order valence-electron chi connectivity index (χ3n) is 5.66. The van der Waals surface area contributed by atoms with Crippen molar-refractivity contribution in [1.29, 1.82) is 0 Å². The maximum Gasteiger partial charge on any atom is 0.520 e. The van der Waals surface area contributed by atoms with Gasteiger partial charge in [0.15, 0.2) is 5.76 Å². The van der Waals surface area contributed by atoms with E-state index in [1.165, 1.54) is 6.20 Å². The molecule has 1 aromatic carbocycles. The maximum absolute atomic E-state index is 15.1. The fraction of sp³-hybridized carbons (Fsp3) is 0.381. The van der Waals surface area contributed by atoms with Crippen molar-refractivity contribution >= 4 is 28.4 Å². The van der Waals surface area contributed by atoms with Crippen molar-refractivity contribution < 1.29 is 23.1 Å². The number of piperazine rings is 1. The van der Waals surface area contributed by atoms with Crippen LogP contribution in [0.4, 0.5) is 16.0 Å². The fourth-order valence-corrected chi connectivity index (χ4v) is 4.16. The van der Waals surface area contributed by atoms with E-state index in [4.69, 9.17) is 8.83 Å². The Kier molecular flexibility index (Phi) is 5.08. The van der Waals surface area contributed by atoms with Crippen LogP contribution >= 0.6 is 0 Å². The van der Waals surface area contributed by atoms with Gasteiger partial charge in [0.05, 0.1) is 11.2 Å². The average molecular weight is 431 g/mol. The van der Waals surface area contributed by atoms with Gasteiger partial charge in [0.2, 0.25) is 11.3 Å². The summed E-state index contributed by atoms with van der Waals surface area (Å²) in [5.41, 5.74) is -0.295. The highest BCUT2D eigenvalue weighted by atomic mass is 19.1. The Balaban J connectivity index is 1.73. The third kappa shape index (κ3) is 3.47. The molecule has 164 valence electrons. The molecule has 0 saturated carbocycles. The molecule has 1 aliphatic rings. The van der Waals surface area contributed by atoms with Gasteiger partial charge in [0.25, 0.3) is 0 Å². The number of aryl methyl sites for hydroxylation is 2. The van der Waals surface area contributed by atoms with E-state index in [0.29, 0.717) is 49.0 Å². The number of rotatable bonds is 4. The molecule has 0 spiro atoms. The summed E-state index contributed by atoms with van der Waals surface area (Å²) in [5.74, 6) is -1.94. The number of carboxylic acid groups (broad SMARTS) is 1. The summed E-state index contributed by atoms with van der Waals surface area (Å²) in [4.78, 5) is 39.1. The van der Waals surface area contributed by atoms with Crippen molar-refractivity contribution in [3.8, 4) is 0 Å². The highest BCUT2D eigenvalue weighted by molar-refractivity contribution is 5.93. The van der Waals surface area contributed by atoms with Gasteiger partial charge in [-0.15, -0.1) is 0 Å². The normalized spacial score (nSPS) is 16.8. The molecular formula is C21H22FN3O6. The third-order valence-corrected chi connectivity index (χ3v) is 5.66. The Labute approximate surface area is 175 Å². The second-order valence-electron chi connectivity index (χ2n) is 7.59. The first kappa shape index (κ1) is 20.7. The smallest absolute Gasteiger partial charge is 0.477 e. The Morgan fingerprint density at radius 2 is 2.00 bits per heavy atom. The van der Waals surface area contributed by atoms with Crippen LogP contribution in [0.15, 0.2) is 36.8 Å². The number of pyridine rings is 1. The van der Waals surface area contributed by atoms with Crippen LogP contribution in [0.1, 0.15) is 30.0 Å². The first-order valence-corrected chi connectivity index (χ1v) is 9.93. The van der Waals surface area contributed by atoms with Gasteiger partial charge in [0, 0.05) is 43.8 Å². The molecule has 1 unspecified atom stereocenters. The topological polar surface area (TPSA) is 109 Å². The highest BCUT2D eigenvalue weighted by Gasteiger charge is 2.30. The molecule has 3 aromatic rings. The molecule has 1 aliphatic heterocycles. The van der Waals surface area contributed by atoms with Gasteiger partial charge in [0.1, 0.15) is 11.4 Å². The molecule has 0 radical (unpaired) electrons. The minimum Gasteiger partial charge on any atom is -0.477 e. The predicted octanol–water partition coefficient (Wildman–Crippen LogP) is 2.43. The lowest BCUT2D eigenvalue weighted by atomic mass is 10.1. The molecule has 1 saturated heterocycles. The number of hydrogen-bond donors (Lipinski definition) is 1. The summed E-state index contributed by atoms with van der Waals surface area (Å²) in [6.07, 6.45) is 1.29. The molecule has 0 bridgehead atoms. The van der Waals surface area contributed by atoms with E-state index in [1.807, 2.05) is 23.6 Å². The van der Waals surface area contributed by atoms with E-state index in [1.54, 1.807) is 17.6 Å². The molecule has 1 atom stereocenters. The minimum atomic E-state index is -1.34. The van der Waals surface area contributed by atoms with Gasteiger partial charge in [-0.3, -0.25) is 4.79 Å². The molecule has 3 heterocycles. The van der Waals surface area contributed by atoms with Gasteiger partial charge < -0.3 is 28.3 Å². The summed E-state index contributed by atoms with van der Waals surface area (Å²) in [5, 5.41) is 9.33. The van der Waals surface area contributed by atoms with E-state index in [9.17, 15) is 19.5 Å². The van der Waals surface area contributed by atoms with E-state index in [-0.39, 0.29) is 17.0 Å². The summed E-state index contributed by atoms with van der Waals surface area (Å²) in [7, 11) is 0. The monoisotopic (exact) mass is 431 g/mol. The lowest BCUT2D eigenvalue weighted by Crippen LogP contribution is -2.52. The lowest BCUT2D eigenvalue weighted by molar-refractivity contribution is 0.0695. The van der Waals surface area contributed by atoms with Gasteiger partial charge in [-0.05, 0) is 32.9 Å². The zero-order valence-electron chi connectivity index (χ0n) is 17.3. The number of fused-ring (bicyclic) bond motifs is 1. The second kappa shape index (κ2) is 7.60. The van der Waals surface area contributed by atoms with E-state index < -0.39 is 23.0 Å². The van der Waals surface area contributed by atoms with Crippen molar-refractivity contribution in [2.45, 2.75) is 33.4 Å². The molecule has 2 aromatic heterocycles. The molecular weight excluding hydrogens is 409 g/mol. The standard InChI is InChI=1S/C21H22FN3O6/c1-4-23-10-14(20(27)28)18(26)13-7-15(22)17(8-16(13)23)25-6-5-24(9-11(25)2)19-12(3)30-21(29)31-19/h7-8,10-11H,4-6,9H2,1-3H3,(H,27,28). The Morgan fingerprint density at radius 1 is 1.26 bits per heavy atom. The molecule has 4 rings (SSSR count). The largest absolute Gasteiger partial charge is 0.520 e. The van der Waals surface area contributed by atoms with Crippen LogP contribution in [0, 0.1) is 12.7 Å². The zero-order valence-corrected chi connectivity index (χ0v) is 17.3. The van der Waals surface area contributed by atoms with Crippen LogP contribution in [-0.4, -0.2) is 41.3 Å². The van der Waals surface area contributed by atoms with E-state index in [0.717, 1.165) is 6.07 Å². The van der Waals surface area contributed by atoms with E-state index >= 15 is 4.39 Å². The minimum absolute atomic E-state index is 0.0325. The number of carboxylic acids is 1. The summed E-state index contributed by atoms with van der Waals surface area (Å²) in [6, 6.07) is 2.57. The lowest BCUT2D eigenvalue weighted by Gasteiger charge is -2.41. The van der Waals surface area contributed by atoms with Crippen molar-refractivity contribution in [3.63, 3.8) is 0 Å². The number of benzene rings is 1. The van der Waals surface area contributed by atoms with Crippen LogP contribution in [-0.2, 0) is 6.54 Å². The number of aromatic carboxylic acids is 1. The van der Waals surface area contributed by atoms with Crippen LogP contribution < -0.4 is 21.1 Å². The SMILES string of the molecule is CCn1cc(C(=O)O)c(=O)c2cc(F)c(N3CCN(c4oc(=O)oc4C)CC3C)cc21. The Bertz CT molecular complexity index is 1290. The molecule has 31 heavy (non-hydrogen) atoms. The predicted molar refractivity (Wildman–Crippen MR) is 112 cm³/mol. The van der Waals surface area contributed by atoms with Crippen molar-refractivity contribution in [3.05, 3.63) is 56.3 Å². The van der Waals surface area contributed by atoms with Crippen molar-refractivity contribution in [2.24, 2.45) is 0 Å². The van der Waals surface area contributed by atoms with Gasteiger partial charge >= 0.3 is 11.8 Å². The van der Waals surface area contributed by atoms with Gasteiger partial charge in [-0.25, -0.2) is 14.0 Å². The summed E-state index contributed by atoms with van der Waals surface area (Å²) in [6.45, 7) is 7.20. The highest BCUT2D eigenvalue weighted by Crippen LogP contribution is 2.30. The Morgan fingerprint density at radius 3 is 2.58 bits per heavy atom. The molecule has 10 heteroatoms. The second-order valence-corrected chi connectivity index (χ2v) is 7.59. The van der Waals surface area contributed by atoms with Crippen molar-refractivity contribution in [2.75, 3.05) is 29.4 Å². The van der Waals surface area contributed by atoms with Crippen LogP contribution in [0.2, 0.25) is 0 Å². The van der Waals surface area contributed by atoms with Gasteiger partial charge in [-0.2, -0.15) is 0 Å². The van der Waals surface area contributed by atoms with Crippen LogP contribution in [0.5, 0.6) is 0 Å². The first-order chi connectivity index (χ1) is 14.7. The number of carbonyl (C=O) groups is 1. The number of halogens is 1. The zero-order chi connectivity index (χ0) is 22.4. The summed E-state index contributed by atoms with van der Waals surface area (Å²) >= 11 is 0. The maximum atomic E-state index is 15.1. The van der Waals surface area contributed by atoms with Crippen molar-refractivity contribution in [1.82, 2.24) is 4.57 Å². The molecule has 1 N–H and O–H groups in total. The number of hydrogen-bond acceptors (Lipinski definition) is 7. The number of anilines is 2. The molecule has 0 amide bonds. The van der Waals surface area contributed by atoms with Gasteiger partial charge in [-0.1, -0.05) is 0 Å². The number of nitrogens with zero attached hydrogens (tertiary/aromatic N) is 3. The molecule has 9 nitrogen and oxygen atoms in total. The quantitative estimate of drug-likeness (QED) is 0.671. The average Bonchev–Trinajstić information content (AvgIpc) is 3.06. The first-order valence-electron chi connectivity index (χ1n) is 9.93. The fourth-order valence-electron chi connectivity index (χ4n) is 4.16. The van der Waals surface area contributed by atoms with E-state index in [2.05, 4.69) is 0 Å². The molecule has 0 aliphatic carbocycles.